The minimum absolute atomic E-state index is 0.304. The number of hydrogen-bond acceptors (Lipinski definition) is 2. The topological polar surface area (TPSA) is 26.3 Å². The van der Waals surface area contributed by atoms with E-state index in [9.17, 15) is 4.79 Å². The quantitative estimate of drug-likeness (QED) is 0.320. The summed E-state index contributed by atoms with van der Waals surface area (Å²) in [6.07, 6.45) is 2.52. The van der Waals surface area contributed by atoms with Crippen molar-refractivity contribution >= 4 is 16.7 Å². The van der Waals surface area contributed by atoms with Gasteiger partial charge >= 0.3 is 5.97 Å². The maximum Gasteiger partial charge on any atom is 0.303 e. The lowest BCUT2D eigenvalue weighted by atomic mass is 10.1. The third kappa shape index (κ3) is 6.88. The van der Waals surface area contributed by atoms with Crippen LogP contribution in [0, 0.1) is 23.7 Å². The largest absolute Gasteiger partial charge is 0.449 e. The third-order valence-electron chi connectivity index (χ3n) is 3.71. The van der Waals surface area contributed by atoms with Crippen LogP contribution in [0.3, 0.4) is 0 Å². The number of unbranched alkanes of at least 4 members (excludes halogenated alkanes) is 1. The summed E-state index contributed by atoms with van der Waals surface area (Å²) in [5, 5.41) is 2.41. The van der Waals surface area contributed by atoms with Crippen LogP contribution in [0.25, 0.3) is 10.8 Å². The van der Waals surface area contributed by atoms with Crippen molar-refractivity contribution in [3.8, 4) is 23.7 Å². The number of carbonyl (C=O) groups excluding carboxylic acids is 1. The summed E-state index contributed by atoms with van der Waals surface area (Å²) in [5.74, 6) is 12.1. The van der Waals surface area contributed by atoms with Crippen LogP contribution in [0.1, 0.15) is 45.1 Å². The molecule has 26 heavy (non-hydrogen) atoms. The van der Waals surface area contributed by atoms with Crippen molar-refractivity contribution in [2.24, 2.45) is 0 Å². The van der Waals surface area contributed by atoms with E-state index >= 15 is 0 Å². The van der Waals surface area contributed by atoms with E-state index in [1.165, 1.54) is 17.7 Å². The molecule has 0 spiro atoms. The summed E-state index contributed by atoms with van der Waals surface area (Å²) in [7, 11) is 0. The van der Waals surface area contributed by atoms with Crippen LogP contribution in [0.5, 0.6) is 0 Å². The van der Waals surface area contributed by atoms with Gasteiger partial charge in [-0.1, -0.05) is 66.2 Å². The summed E-state index contributed by atoms with van der Waals surface area (Å²) >= 11 is 0. The molecule has 2 heteroatoms. The van der Waals surface area contributed by atoms with Gasteiger partial charge in [0.15, 0.2) is 6.10 Å². The van der Waals surface area contributed by atoms with Gasteiger partial charge in [0.1, 0.15) is 0 Å². The predicted octanol–water partition coefficient (Wildman–Crippen LogP) is 5.26. The van der Waals surface area contributed by atoms with Crippen LogP contribution in [0.2, 0.25) is 0 Å². The van der Waals surface area contributed by atoms with Gasteiger partial charge in [-0.15, -0.1) is 0 Å². The fourth-order valence-corrected chi connectivity index (χ4v) is 2.48. The maximum atomic E-state index is 11.2. The van der Waals surface area contributed by atoms with Gasteiger partial charge in [-0.25, -0.2) is 0 Å². The first-order valence-corrected chi connectivity index (χ1v) is 8.82. The first kappa shape index (κ1) is 19.4. The van der Waals surface area contributed by atoms with Crippen molar-refractivity contribution in [3.63, 3.8) is 0 Å². The molecular weight excluding hydrogens is 320 g/mol. The summed E-state index contributed by atoms with van der Waals surface area (Å²) in [6, 6.07) is 14.5. The number of rotatable bonds is 5. The Balaban J connectivity index is 1.88. The Morgan fingerprint density at radius 2 is 1.88 bits per heavy atom. The zero-order valence-corrected chi connectivity index (χ0v) is 15.5. The molecule has 2 aromatic carbocycles. The molecule has 132 valence electrons. The zero-order chi connectivity index (χ0) is 18.8. The molecule has 0 bridgehead atoms. The lowest BCUT2D eigenvalue weighted by Gasteiger charge is -2.09. The Kier molecular flexibility index (Phi) is 7.53. The number of hydrogen-bond donors (Lipinski definition) is 0. The van der Waals surface area contributed by atoms with Gasteiger partial charge in [0.2, 0.25) is 0 Å². The number of allylic oxidation sites excluding steroid dienone is 1. The number of benzene rings is 2. The maximum absolute atomic E-state index is 11.2. The summed E-state index contributed by atoms with van der Waals surface area (Å²) in [5.41, 5.74) is 2.02. The fraction of sp³-hybridized carbons (Fsp3) is 0.292. The molecule has 0 saturated heterocycles. The van der Waals surface area contributed by atoms with Crippen LogP contribution in [0.4, 0.5) is 0 Å². The molecular formula is C24H24O2. The highest BCUT2D eigenvalue weighted by atomic mass is 16.5. The molecule has 0 fully saturated rings. The van der Waals surface area contributed by atoms with Gasteiger partial charge in [0.05, 0.1) is 0 Å². The highest BCUT2D eigenvalue weighted by Crippen LogP contribution is 2.15. The molecule has 0 N–H and O–H groups in total. The van der Waals surface area contributed by atoms with Crippen LogP contribution >= 0.6 is 0 Å². The monoisotopic (exact) mass is 344 g/mol. The van der Waals surface area contributed by atoms with Crippen molar-refractivity contribution in [2.75, 3.05) is 0 Å². The van der Waals surface area contributed by atoms with Crippen LogP contribution < -0.4 is 0 Å². The van der Waals surface area contributed by atoms with Crippen molar-refractivity contribution in [3.05, 3.63) is 60.2 Å². The molecule has 1 unspecified atom stereocenters. The molecule has 2 nitrogen and oxygen atoms in total. The molecule has 0 heterocycles. The smallest absolute Gasteiger partial charge is 0.303 e. The minimum Gasteiger partial charge on any atom is -0.449 e. The van der Waals surface area contributed by atoms with Gasteiger partial charge in [0.25, 0.3) is 0 Å². The second-order valence-electron chi connectivity index (χ2n) is 6.31. The number of fused-ring (bicyclic) bond motifs is 1. The van der Waals surface area contributed by atoms with Crippen LogP contribution in [0.15, 0.2) is 54.6 Å². The lowest BCUT2D eigenvalue weighted by molar-refractivity contribution is -0.143. The number of ether oxygens (including phenoxy) is 1. The van der Waals surface area contributed by atoms with Gasteiger partial charge in [-0.3, -0.25) is 4.79 Å². The number of carbonyl (C=O) groups is 1. The Hall–Kier alpha value is -2.97. The molecule has 0 aliphatic carbocycles. The minimum atomic E-state index is -0.366. The van der Waals surface area contributed by atoms with Crippen molar-refractivity contribution in [2.45, 2.75) is 45.6 Å². The standard InChI is InChI=1S/C24H24O2/c1-19(2)10-9-15-24(26-20(3)25)14-6-4-5-11-21-16-17-22-12-7-8-13-23(22)18-21/h7-8,12-13,16-18,24H,1,4,6,10,14H2,2-3H3. The van der Waals surface area contributed by atoms with Crippen molar-refractivity contribution < 1.29 is 9.53 Å². The van der Waals surface area contributed by atoms with E-state index in [1.807, 2.05) is 25.1 Å². The van der Waals surface area contributed by atoms with E-state index in [-0.39, 0.29) is 12.1 Å². The van der Waals surface area contributed by atoms with Crippen LogP contribution in [-0.4, -0.2) is 12.1 Å². The van der Waals surface area contributed by atoms with Crippen LogP contribution in [-0.2, 0) is 9.53 Å². The van der Waals surface area contributed by atoms with E-state index in [0.29, 0.717) is 12.8 Å². The molecule has 2 rings (SSSR count). The lowest BCUT2D eigenvalue weighted by Crippen LogP contribution is -2.14. The van der Waals surface area contributed by atoms with E-state index in [0.717, 1.165) is 24.0 Å². The van der Waals surface area contributed by atoms with E-state index < -0.39 is 0 Å². The first-order chi connectivity index (χ1) is 12.5. The van der Waals surface area contributed by atoms with E-state index in [2.05, 4.69) is 54.5 Å². The Labute approximate surface area is 156 Å². The molecule has 0 aromatic heterocycles. The second kappa shape index (κ2) is 10.1. The molecule has 0 aliphatic heterocycles. The molecule has 0 amide bonds. The third-order valence-corrected chi connectivity index (χ3v) is 3.71. The predicted molar refractivity (Wildman–Crippen MR) is 107 cm³/mol. The van der Waals surface area contributed by atoms with Crippen molar-refractivity contribution in [1.29, 1.82) is 0 Å². The van der Waals surface area contributed by atoms with Gasteiger partial charge < -0.3 is 4.74 Å². The summed E-state index contributed by atoms with van der Waals surface area (Å²) in [4.78, 5) is 11.2. The number of esters is 1. The Morgan fingerprint density at radius 3 is 2.62 bits per heavy atom. The van der Waals surface area contributed by atoms with Gasteiger partial charge in [0, 0.05) is 25.3 Å². The van der Waals surface area contributed by atoms with E-state index in [1.54, 1.807) is 0 Å². The summed E-state index contributed by atoms with van der Waals surface area (Å²) in [6.45, 7) is 7.16. The average molecular weight is 344 g/mol. The molecule has 1 atom stereocenters. The van der Waals surface area contributed by atoms with E-state index in [4.69, 9.17) is 4.74 Å². The Morgan fingerprint density at radius 1 is 1.12 bits per heavy atom. The highest BCUT2D eigenvalue weighted by molar-refractivity contribution is 5.83. The first-order valence-electron chi connectivity index (χ1n) is 8.82. The summed E-state index contributed by atoms with van der Waals surface area (Å²) < 4.78 is 5.25. The van der Waals surface area contributed by atoms with Gasteiger partial charge in [-0.05, 0) is 42.7 Å². The fourth-order valence-electron chi connectivity index (χ4n) is 2.48. The molecule has 2 aromatic rings. The SMILES string of the molecule is C=C(C)CC#CC(CCCC#Cc1ccc2ccccc2c1)OC(C)=O. The molecule has 0 radical (unpaired) electrons. The zero-order valence-electron chi connectivity index (χ0n) is 15.5. The molecule has 0 aliphatic rings. The normalized spacial score (nSPS) is 10.8. The average Bonchev–Trinajstić information content (AvgIpc) is 2.60. The Bertz CT molecular complexity index is 900. The second-order valence-corrected chi connectivity index (χ2v) is 6.31. The highest BCUT2D eigenvalue weighted by Gasteiger charge is 2.07. The van der Waals surface area contributed by atoms with Crippen molar-refractivity contribution in [1.82, 2.24) is 0 Å². The molecule has 0 saturated carbocycles. The van der Waals surface area contributed by atoms with Gasteiger partial charge in [-0.2, -0.15) is 0 Å².